The molecule has 0 saturated carbocycles. The molecule has 0 radical (unpaired) electrons. The molecule has 1 aliphatic heterocycles. The minimum atomic E-state index is -3.91. The maximum atomic E-state index is 12.5. The van der Waals surface area contributed by atoms with E-state index in [1.54, 1.807) is 6.20 Å². The first kappa shape index (κ1) is 19.4. The highest BCUT2D eigenvalue weighted by molar-refractivity contribution is 7.89. The van der Waals surface area contributed by atoms with Gasteiger partial charge in [0.2, 0.25) is 10.0 Å². The van der Waals surface area contributed by atoms with Gasteiger partial charge in [0.1, 0.15) is 0 Å². The van der Waals surface area contributed by atoms with E-state index in [-0.39, 0.29) is 17.4 Å². The number of para-hydroxylation sites is 1. The maximum absolute atomic E-state index is 12.5. The van der Waals surface area contributed by atoms with Gasteiger partial charge in [-0.15, -0.1) is 0 Å². The number of nitro groups is 1. The second-order valence-electron chi connectivity index (χ2n) is 6.62. The molecule has 0 bridgehead atoms. The van der Waals surface area contributed by atoms with Crippen molar-refractivity contribution >= 4 is 15.7 Å². The highest BCUT2D eigenvalue weighted by Crippen LogP contribution is 2.24. The van der Waals surface area contributed by atoms with Crippen molar-refractivity contribution in [3.63, 3.8) is 0 Å². The Morgan fingerprint density at radius 3 is 2.52 bits per heavy atom. The second kappa shape index (κ2) is 8.55. The van der Waals surface area contributed by atoms with Crippen molar-refractivity contribution in [3.8, 4) is 0 Å². The van der Waals surface area contributed by atoms with Crippen LogP contribution in [0.3, 0.4) is 0 Å². The van der Waals surface area contributed by atoms with Gasteiger partial charge in [0.15, 0.2) is 4.90 Å². The lowest BCUT2D eigenvalue weighted by molar-refractivity contribution is -0.387. The lowest BCUT2D eigenvalue weighted by Gasteiger charge is -2.31. The van der Waals surface area contributed by atoms with Gasteiger partial charge in [-0.3, -0.25) is 20.0 Å². The van der Waals surface area contributed by atoms with Crippen LogP contribution in [0.25, 0.3) is 0 Å². The molecule has 3 rings (SSSR count). The van der Waals surface area contributed by atoms with Crippen LogP contribution in [0.2, 0.25) is 0 Å². The lowest BCUT2D eigenvalue weighted by Crippen LogP contribution is -2.38. The Kier molecular flexibility index (Phi) is 6.15. The van der Waals surface area contributed by atoms with Crippen molar-refractivity contribution in [1.82, 2.24) is 14.6 Å². The zero-order valence-corrected chi connectivity index (χ0v) is 15.6. The van der Waals surface area contributed by atoms with Gasteiger partial charge in [0.25, 0.3) is 5.69 Å². The average molecular weight is 390 g/mol. The first-order chi connectivity index (χ1) is 13.0. The molecule has 144 valence electrons. The van der Waals surface area contributed by atoms with Crippen LogP contribution in [0.1, 0.15) is 18.5 Å². The van der Waals surface area contributed by atoms with Gasteiger partial charge in [-0.25, -0.2) is 13.1 Å². The van der Waals surface area contributed by atoms with Gasteiger partial charge in [-0.2, -0.15) is 0 Å². The molecule has 1 N–H and O–H groups in total. The predicted molar refractivity (Wildman–Crippen MR) is 101 cm³/mol. The summed E-state index contributed by atoms with van der Waals surface area (Å²) in [5.41, 5.74) is 0.614. The molecule has 0 unspecified atom stereocenters. The predicted octanol–water partition coefficient (Wildman–Crippen LogP) is 2.18. The summed E-state index contributed by atoms with van der Waals surface area (Å²) in [6.07, 6.45) is 3.51. The molecule has 0 atom stereocenters. The Balaban J connectivity index is 1.53. The van der Waals surface area contributed by atoms with Crippen LogP contribution < -0.4 is 4.72 Å². The summed E-state index contributed by atoms with van der Waals surface area (Å²) in [6.45, 7) is 2.81. The van der Waals surface area contributed by atoms with E-state index < -0.39 is 20.6 Å². The van der Waals surface area contributed by atoms with Crippen LogP contribution in [-0.4, -0.2) is 42.9 Å². The number of likely N-dealkylation sites (tertiary alicyclic amines) is 1. The zero-order valence-electron chi connectivity index (χ0n) is 14.8. The van der Waals surface area contributed by atoms with Crippen molar-refractivity contribution in [2.24, 2.45) is 5.92 Å². The summed E-state index contributed by atoms with van der Waals surface area (Å²) >= 11 is 0. The van der Waals surface area contributed by atoms with E-state index in [1.807, 2.05) is 18.2 Å². The van der Waals surface area contributed by atoms with E-state index in [2.05, 4.69) is 14.6 Å². The van der Waals surface area contributed by atoms with Gasteiger partial charge < -0.3 is 0 Å². The smallest absolute Gasteiger partial charge is 0.289 e. The summed E-state index contributed by atoms with van der Waals surface area (Å²) < 4.78 is 27.5. The number of hydrogen-bond donors (Lipinski definition) is 1. The Labute approximate surface area is 158 Å². The Morgan fingerprint density at radius 1 is 1.15 bits per heavy atom. The SMILES string of the molecule is O=[N+]([O-])c1ccccc1S(=O)(=O)NCC1CCN(Cc2ccccn2)CC1. The summed E-state index contributed by atoms with van der Waals surface area (Å²) in [5, 5.41) is 11.1. The average Bonchev–Trinajstić information content (AvgIpc) is 2.68. The van der Waals surface area contributed by atoms with Crippen LogP contribution in [0.15, 0.2) is 53.6 Å². The van der Waals surface area contributed by atoms with Crippen molar-refractivity contribution in [3.05, 3.63) is 64.5 Å². The lowest BCUT2D eigenvalue weighted by atomic mass is 9.97. The van der Waals surface area contributed by atoms with Crippen LogP contribution in [0.5, 0.6) is 0 Å². The Bertz CT molecular complexity index is 881. The van der Waals surface area contributed by atoms with Crippen LogP contribution in [-0.2, 0) is 16.6 Å². The molecule has 1 fully saturated rings. The first-order valence-electron chi connectivity index (χ1n) is 8.81. The van der Waals surface area contributed by atoms with E-state index in [0.717, 1.165) is 38.2 Å². The fraction of sp³-hybridized carbons (Fsp3) is 0.389. The monoisotopic (exact) mass is 390 g/mol. The fourth-order valence-electron chi connectivity index (χ4n) is 3.21. The minimum absolute atomic E-state index is 0.211. The number of nitro benzene ring substituents is 1. The molecule has 1 aliphatic rings. The molecular weight excluding hydrogens is 368 g/mol. The number of hydrogen-bond acceptors (Lipinski definition) is 6. The van der Waals surface area contributed by atoms with Gasteiger partial charge >= 0.3 is 0 Å². The Hall–Kier alpha value is -2.36. The zero-order chi connectivity index (χ0) is 19.3. The molecule has 27 heavy (non-hydrogen) atoms. The van der Waals surface area contributed by atoms with Crippen molar-refractivity contribution in [2.45, 2.75) is 24.3 Å². The highest BCUT2D eigenvalue weighted by atomic mass is 32.2. The van der Waals surface area contributed by atoms with Crippen LogP contribution in [0.4, 0.5) is 5.69 Å². The molecule has 8 nitrogen and oxygen atoms in total. The number of piperidine rings is 1. The molecule has 0 spiro atoms. The summed E-state index contributed by atoms with van der Waals surface area (Å²) in [7, 11) is -3.91. The first-order valence-corrected chi connectivity index (χ1v) is 10.3. The third-order valence-corrected chi connectivity index (χ3v) is 6.20. The summed E-state index contributed by atoms with van der Waals surface area (Å²) in [4.78, 5) is 16.7. The van der Waals surface area contributed by atoms with E-state index in [1.165, 1.54) is 24.3 Å². The number of nitrogens with one attached hydrogen (secondary N) is 1. The fourth-order valence-corrected chi connectivity index (χ4v) is 4.50. The molecule has 1 saturated heterocycles. The molecular formula is C18H22N4O4S. The van der Waals surface area contributed by atoms with E-state index >= 15 is 0 Å². The third kappa shape index (κ3) is 5.09. The Morgan fingerprint density at radius 2 is 1.85 bits per heavy atom. The normalized spacial score (nSPS) is 16.3. The van der Waals surface area contributed by atoms with Gasteiger partial charge in [0, 0.05) is 25.4 Å². The molecule has 0 amide bonds. The van der Waals surface area contributed by atoms with E-state index in [4.69, 9.17) is 0 Å². The van der Waals surface area contributed by atoms with Crippen LogP contribution in [0, 0.1) is 16.0 Å². The second-order valence-corrected chi connectivity index (χ2v) is 8.35. The molecule has 2 heterocycles. The summed E-state index contributed by atoms with van der Waals surface area (Å²) in [6, 6.07) is 11.2. The molecule has 1 aromatic carbocycles. The number of pyridine rings is 1. The number of rotatable bonds is 7. The third-order valence-electron chi connectivity index (χ3n) is 4.73. The number of benzene rings is 1. The standard InChI is InChI=1S/C18H22N4O4S/c23-22(24)17-6-1-2-7-18(17)27(25,26)20-13-15-8-11-21(12-9-15)14-16-5-3-4-10-19-16/h1-7,10,15,20H,8-9,11-14H2. The highest BCUT2D eigenvalue weighted by Gasteiger charge is 2.27. The van der Waals surface area contributed by atoms with Gasteiger partial charge in [-0.05, 0) is 50.0 Å². The topological polar surface area (TPSA) is 105 Å². The van der Waals surface area contributed by atoms with Crippen LogP contribution >= 0.6 is 0 Å². The number of sulfonamides is 1. The minimum Gasteiger partial charge on any atom is -0.297 e. The largest absolute Gasteiger partial charge is 0.297 e. The van der Waals surface area contributed by atoms with Crippen molar-refractivity contribution in [1.29, 1.82) is 0 Å². The number of nitrogens with zero attached hydrogens (tertiary/aromatic N) is 3. The van der Waals surface area contributed by atoms with E-state index in [0.29, 0.717) is 0 Å². The molecule has 0 aliphatic carbocycles. The van der Waals surface area contributed by atoms with E-state index in [9.17, 15) is 18.5 Å². The molecule has 1 aromatic heterocycles. The molecule has 2 aromatic rings. The molecule has 9 heteroatoms. The van der Waals surface area contributed by atoms with Gasteiger partial charge in [-0.1, -0.05) is 18.2 Å². The van der Waals surface area contributed by atoms with Crippen molar-refractivity contribution in [2.75, 3.05) is 19.6 Å². The quantitative estimate of drug-likeness (QED) is 0.574. The van der Waals surface area contributed by atoms with Crippen molar-refractivity contribution < 1.29 is 13.3 Å². The van der Waals surface area contributed by atoms with Gasteiger partial charge in [0.05, 0.1) is 10.6 Å². The summed E-state index contributed by atoms with van der Waals surface area (Å²) in [5.74, 6) is 0.211. The maximum Gasteiger partial charge on any atom is 0.289 e. The number of aromatic nitrogens is 1.